The molecule has 1 heterocycles. The summed E-state index contributed by atoms with van der Waals surface area (Å²) in [5.74, 6) is -1.67. The predicted molar refractivity (Wildman–Crippen MR) is 107 cm³/mol. The lowest BCUT2D eigenvalue weighted by atomic mass is 9.89. The van der Waals surface area contributed by atoms with Gasteiger partial charge in [0.2, 0.25) is 0 Å². The summed E-state index contributed by atoms with van der Waals surface area (Å²) in [4.78, 5) is 36.2. The minimum absolute atomic E-state index is 0.0480. The van der Waals surface area contributed by atoms with Gasteiger partial charge < -0.3 is 24.1 Å². The maximum absolute atomic E-state index is 12.5. The van der Waals surface area contributed by atoms with E-state index in [2.05, 4.69) is 6.58 Å². The van der Waals surface area contributed by atoms with Crippen LogP contribution in [0.15, 0.2) is 46.8 Å². The van der Waals surface area contributed by atoms with Crippen molar-refractivity contribution < 1.29 is 38.4 Å². The second-order valence-corrected chi connectivity index (χ2v) is 7.82. The molecule has 30 heavy (non-hydrogen) atoms. The number of ether oxygens (including phenoxy) is 4. The molecule has 1 N–H and O–H groups in total. The third-order valence-corrected chi connectivity index (χ3v) is 4.60. The Morgan fingerprint density at radius 1 is 1.33 bits per heavy atom. The number of methoxy groups -OCH3 is 1. The molecule has 0 saturated heterocycles. The number of rotatable bonds is 5. The molecule has 0 bridgehead atoms. The molecule has 8 nitrogen and oxygen atoms in total. The Kier molecular flexibility index (Phi) is 7.39. The molecule has 3 atom stereocenters. The zero-order valence-electron chi connectivity index (χ0n) is 17.9. The van der Waals surface area contributed by atoms with Crippen molar-refractivity contribution in [3.05, 3.63) is 46.8 Å². The summed E-state index contributed by atoms with van der Waals surface area (Å²) in [6.07, 6.45) is 1.73. The lowest BCUT2D eigenvalue weighted by molar-refractivity contribution is -0.145. The number of carbonyl (C=O) groups is 3. The van der Waals surface area contributed by atoms with Gasteiger partial charge in [-0.15, -0.1) is 0 Å². The minimum Gasteiger partial charge on any atom is -0.458 e. The molecule has 0 aromatic heterocycles. The van der Waals surface area contributed by atoms with Crippen LogP contribution in [-0.2, 0) is 33.3 Å². The normalized spacial score (nSPS) is 30.3. The van der Waals surface area contributed by atoms with Gasteiger partial charge in [-0.2, -0.15) is 0 Å². The molecule has 0 amide bonds. The highest BCUT2D eigenvalue weighted by Crippen LogP contribution is 2.37. The number of carbonyl (C=O) groups excluding carboxylic acids is 3. The molecule has 164 valence electrons. The molecule has 0 spiro atoms. The first kappa shape index (κ1) is 23.6. The molecular weight excluding hydrogens is 392 g/mol. The summed E-state index contributed by atoms with van der Waals surface area (Å²) in [6.45, 7) is 9.64. The van der Waals surface area contributed by atoms with Crippen LogP contribution in [0, 0.1) is 0 Å². The Morgan fingerprint density at radius 2 is 2.00 bits per heavy atom. The van der Waals surface area contributed by atoms with Crippen molar-refractivity contribution >= 4 is 17.9 Å². The highest BCUT2D eigenvalue weighted by Gasteiger charge is 2.39. The van der Waals surface area contributed by atoms with E-state index < -0.39 is 35.7 Å². The fraction of sp³-hybridized carbons (Fsp3) is 0.500. The van der Waals surface area contributed by atoms with Crippen molar-refractivity contribution in [2.75, 3.05) is 13.7 Å². The monoisotopic (exact) mass is 420 g/mol. The van der Waals surface area contributed by atoms with Crippen molar-refractivity contribution in [2.24, 2.45) is 0 Å². The first-order valence-electron chi connectivity index (χ1n) is 9.54. The largest absolute Gasteiger partial charge is 0.458 e. The van der Waals surface area contributed by atoms with Gasteiger partial charge in [0.1, 0.15) is 18.0 Å². The topological polar surface area (TPSA) is 108 Å². The Morgan fingerprint density at radius 3 is 2.57 bits per heavy atom. The van der Waals surface area contributed by atoms with E-state index in [1.807, 2.05) is 0 Å². The van der Waals surface area contributed by atoms with Crippen molar-refractivity contribution in [3.8, 4) is 0 Å². The highest BCUT2D eigenvalue weighted by atomic mass is 16.6. The molecule has 0 aromatic rings. The van der Waals surface area contributed by atoms with Gasteiger partial charge in [-0.1, -0.05) is 12.2 Å². The van der Waals surface area contributed by atoms with Crippen LogP contribution in [0.4, 0.5) is 0 Å². The van der Waals surface area contributed by atoms with E-state index in [-0.39, 0.29) is 36.4 Å². The molecular formula is C22H28O8. The van der Waals surface area contributed by atoms with E-state index in [0.717, 1.165) is 5.57 Å². The van der Waals surface area contributed by atoms with Crippen LogP contribution in [0.25, 0.3) is 0 Å². The van der Waals surface area contributed by atoms with E-state index in [9.17, 15) is 19.5 Å². The van der Waals surface area contributed by atoms with Gasteiger partial charge in [0.25, 0.3) is 0 Å². The molecule has 2 aliphatic rings. The summed E-state index contributed by atoms with van der Waals surface area (Å²) in [5.41, 5.74) is 0.00423. The van der Waals surface area contributed by atoms with Crippen molar-refractivity contribution in [3.63, 3.8) is 0 Å². The van der Waals surface area contributed by atoms with Crippen molar-refractivity contribution in [2.45, 2.75) is 58.3 Å². The van der Waals surface area contributed by atoms with Gasteiger partial charge in [-0.3, -0.25) is 4.79 Å². The first-order valence-corrected chi connectivity index (χ1v) is 9.54. The lowest BCUT2D eigenvalue weighted by Gasteiger charge is -2.28. The van der Waals surface area contributed by atoms with Crippen LogP contribution in [0.1, 0.15) is 40.5 Å². The van der Waals surface area contributed by atoms with Gasteiger partial charge in [0.15, 0.2) is 0 Å². The molecule has 1 aliphatic carbocycles. The second kappa shape index (κ2) is 9.40. The van der Waals surface area contributed by atoms with Gasteiger partial charge in [-0.05, 0) is 32.9 Å². The number of hydrogen-bond donors (Lipinski definition) is 1. The molecule has 2 rings (SSSR count). The molecule has 1 aliphatic heterocycles. The van der Waals surface area contributed by atoms with Crippen LogP contribution in [0.2, 0.25) is 0 Å². The Hall–Kier alpha value is -2.71. The van der Waals surface area contributed by atoms with Gasteiger partial charge in [-0.25, -0.2) is 9.59 Å². The van der Waals surface area contributed by atoms with Crippen LogP contribution in [0.5, 0.6) is 0 Å². The van der Waals surface area contributed by atoms with Crippen molar-refractivity contribution in [1.29, 1.82) is 0 Å². The average molecular weight is 420 g/mol. The molecule has 0 aromatic carbocycles. The Bertz CT molecular complexity index is 843. The van der Waals surface area contributed by atoms with Crippen LogP contribution < -0.4 is 0 Å². The van der Waals surface area contributed by atoms with Gasteiger partial charge >= 0.3 is 17.9 Å². The lowest BCUT2D eigenvalue weighted by Crippen LogP contribution is -2.32. The fourth-order valence-electron chi connectivity index (χ4n) is 3.42. The first-order chi connectivity index (χ1) is 13.9. The molecule has 0 fully saturated rings. The summed E-state index contributed by atoms with van der Waals surface area (Å²) < 4.78 is 21.5. The van der Waals surface area contributed by atoms with E-state index in [0.29, 0.717) is 5.57 Å². The number of hydrogen-bond acceptors (Lipinski definition) is 8. The van der Waals surface area contributed by atoms with E-state index >= 15 is 0 Å². The second-order valence-electron chi connectivity index (χ2n) is 7.82. The SMILES string of the molecule is C=C(C)C(=O)O[C@H]1C/C(C)=C\[C@H](OC(C)=O)C[C@@](C)(O)/C=C2/OC(=O)C(COC)=C21. The number of esters is 3. The van der Waals surface area contributed by atoms with Crippen LogP contribution >= 0.6 is 0 Å². The molecule has 0 saturated carbocycles. The third kappa shape index (κ3) is 5.90. The van der Waals surface area contributed by atoms with Crippen LogP contribution in [0.3, 0.4) is 0 Å². The summed E-state index contributed by atoms with van der Waals surface area (Å²) >= 11 is 0. The number of aliphatic hydroxyl groups is 1. The summed E-state index contributed by atoms with van der Waals surface area (Å²) in [5, 5.41) is 10.9. The predicted octanol–water partition coefficient (Wildman–Crippen LogP) is 2.28. The Balaban J connectivity index is 2.63. The summed E-state index contributed by atoms with van der Waals surface area (Å²) in [6, 6.07) is 0. The van der Waals surface area contributed by atoms with Crippen LogP contribution in [-0.4, -0.2) is 54.5 Å². The quantitative estimate of drug-likeness (QED) is 0.312. The highest BCUT2D eigenvalue weighted by molar-refractivity contribution is 5.95. The van der Waals surface area contributed by atoms with Gasteiger partial charge in [0, 0.05) is 38.0 Å². The standard InChI is InChI=1S/C22H28O8/c1-12(2)20(24)29-17-8-13(3)7-15(28-14(4)23)9-22(5,26)10-18-19(17)16(11-27-6)21(25)30-18/h7,10,15,17,26H,1,8-9,11H2,2-6H3/b13-7-,18-10+/t15-,17-,22+/m0/s1. The fourth-order valence-corrected chi connectivity index (χ4v) is 3.42. The zero-order valence-corrected chi connectivity index (χ0v) is 17.9. The maximum Gasteiger partial charge on any atom is 0.342 e. The zero-order chi connectivity index (χ0) is 22.6. The molecule has 8 heteroatoms. The number of fused-ring (bicyclic) bond motifs is 1. The van der Waals surface area contributed by atoms with E-state index in [1.54, 1.807) is 13.0 Å². The average Bonchev–Trinajstić information content (AvgIpc) is 2.87. The van der Waals surface area contributed by atoms with Crippen molar-refractivity contribution in [1.82, 2.24) is 0 Å². The molecule has 0 unspecified atom stereocenters. The molecule has 0 radical (unpaired) electrons. The van der Waals surface area contributed by atoms with E-state index in [1.165, 1.54) is 34.0 Å². The Labute approximate surface area is 175 Å². The minimum atomic E-state index is -1.49. The smallest absolute Gasteiger partial charge is 0.342 e. The maximum atomic E-state index is 12.5. The summed E-state index contributed by atoms with van der Waals surface area (Å²) in [7, 11) is 1.43. The van der Waals surface area contributed by atoms with Gasteiger partial charge in [0.05, 0.1) is 17.8 Å². The third-order valence-electron chi connectivity index (χ3n) is 4.60. The van der Waals surface area contributed by atoms with E-state index in [4.69, 9.17) is 18.9 Å².